The lowest BCUT2D eigenvalue weighted by Gasteiger charge is -2.44. The summed E-state index contributed by atoms with van der Waals surface area (Å²) in [5.41, 5.74) is -0.718. The normalized spacial score (nSPS) is 21.4. The first kappa shape index (κ1) is 23.1. The maximum Gasteiger partial charge on any atom is 0.433 e. The molecule has 0 unspecified atom stereocenters. The standard InChI is InChI=1S/C24H24ClF3N4O2/c25-17-8-6-15(7-9-17)18-12-21(24(26,27)28)32-22(29-18)13-19(30-32)23(33)34-14-16-4-3-11-31-10-2-1-5-20(16)31/h6-9,12-13,16,20H,1-5,10-11,14H2/t16-,20+/m1/s1. The number of carbonyl (C=O) groups is 1. The number of ether oxygens (including phenoxy) is 1. The Hall–Kier alpha value is -2.65. The van der Waals surface area contributed by atoms with E-state index in [-0.39, 0.29) is 29.6 Å². The van der Waals surface area contributed by atoms with Crippen LogP contribution < -0.4 is 0 Å². The molecule has 2 aliphatic rings. The van der Waals surface area contributed by atoms with Gasteiger partial charge in [0.2, 0.25) is 0 Å². The minimum Gasteiger partial charge on any atom is -0.461 e. The van der Waals surface area contributed by atoms with Gasteiger partial charge in [0, 0.05) is 28.6 Å². The van der Waals surface area contributed by atoms with E-state index in [1.54, 1.807) is 24.3 Å². The molecule has 3 aromatic rings. The van der Waals surface area contributed by atoms with Crippen molar-refractivity contribution in [2.45, 2.75) is 44.3 Å². The number of esters is 1. The minimum atomic E-state index is -4.69. The summed E-state index contributed by atoms with van der Waals surface area (Å²) in [6.07, 6.45) is 0.783. The topological polar surface area (TPSA) is 59.7 Å². The van der Waals surface area contributed by atoms with Crippen LogP contribution in [0.2, 0.25) is 5.02 Å². The predicted molar refractivity (Wildman–Crippen MR) is 121 cm³/mol. The molecule has 2 fully saturated rings. The largest absolute Gasteiger partial charge is 0.461 e. The molecule has 0 amide bonds. The van der Waals surface area contributed by atoms with Gasteiger partial charge in [0.05, 0.1) is 12.3 Å². The summed E-state index contributed by atoms with van der Waals surface area (Å²) in [7, 11) is 0. The van der Waals surface area contributed by atoms with Crippen LogP contribution in [-0.4, -0.2) is 51.2 Å². The number of fused-ring (bicyclic) bond motifs is 2. The lowest BCUT2D eigenvalue weighted by atomic mass is 9.84. The molecule has 1 aromatic carbocycles. The third-order valence-electron chi connectivity index (χ3n) is 6.72. The zero-order chi connectivity index (χ0) is 23.9. The van der Waals surface area contributed by atoms with Crippen LogP contribution in [0.15, 0.2) is 36.4 Å². The zero-order valence-electron chi connectivity index (χ0n) is 18.4. The van der Waals surface area contributed by atoms with Crippen molar-refractivity contribution in [3.63, 3.8) is 0 Å². The average Bonchev–Trinajstić information content (AvgIpc) is 3.26. The van der Waals surface area contributed by atoms with Crippen molar-refractivity contribution < 1.29 is 22.7 Å². The highest BCUT2D eigenvalue weighted by molar-refractivity contribution is 6.30. The van der Waals surface area contributed by atoms with Gasteiger partial charge in [0.15, 0.2) is 17.0 Å². The van der Waals surface area contributed by atoms with E-state index in [0.717, 1.165) is 38.4 Å². The Kier molecular flexibility index (Phi) is 6.24. The van der Waals surface area contributed by atoms with E-state index in [4.69, 9.17) is 16.3 Å². The van der Waals surface area contributed by atoms with Crippen molar-refractivity contribution in [2.75, 3.05) is 19.7 Å². The van der Waals surface area contributed by atoms with Crippen LogP contribution in [-0.2, 0) is 10.9 Å². The molecule has 180 valence electrons. The van der Waals surface area contributed by atoms with Crippen LogP contribution in [0.25, 0.3) is 16.9 Å². The number of hydrogen-bond donors (Lipinski definition) is 0. The molecule has 0 spiro atoms. The molecule has 0 radical (unpaired) electrons. The van der Waals surface area contributed by atoms with Crippen LogP contribution in [0.1, 0.15) is 48.3 Å². The Labute approximate surface area is 199 Å². The van der Waals surface area contributed by atoms with Crippen molar-refractivity contribution in [1.82, 2.24) is 19.5 Å². The van der Waals surface area contributed by atoms with Gasteiger partial charge in [-0.2, -0.15) is 18.3 Å². The highest BCUT2D eigenvalue weighted by atomic mass is 35.5. The highest BCUT2D eigenvalue weighted by Crippen LogP contribution is 2.33. The van der Waals surface area contributed by atoms with E-state index in [0.29, 0.717) is 21.1 Å². The second kappa shape index (κ2) is 9.19. The number of benzene rings is 1. The zero-order valence-corrected chi connectivity index (χ0v) is 19.1. The van der Waals surface area contributed by atoms with Crippen molar-refractivity contribution in [2.24, 2.45) is 5.92 Å². The highest BCUT2D eigenvalue weighted by Gasteiger charge is 2.36. The van der Waals surface area contributed by atoms with Gasteiger partial charge in [-0.1, -0.05) is 30.2 Å². The van der Waals surface area contributed by atoms with E-state index in [9.17, 15) is 18.0 Å². The Balaban J connectivity index is 1.40. The van der Waals surface area contributed by atoms with E-state index in [2.05, 4.69) is 15.0 Å². The van der Waals surface area contributed by atoms with Crippen molar-refractivity contribution >= 4 is 23.2 Å². The second-order valence-corrected chi connectivity index (χ2v) is 9.37. The first-order valence-corrected chi connectivity index (χ1v) is 11.8. The van der Waals surface area contributed by atoms with Crippen molar-refractivity contribution in [1.29, 1.82) is 0 Å². The Morgan fingerprint density at radius 1 is 1.09 bits per heavy atom. The lowest BCUT2D eigenvalue weighted by molar-refractivity contribution is -0.142. The summed E-state index contributed by atoms with van der Waals surface area (Å²) < 4.78 is 47.6. The first-order valence-electron chi connectivity index (χ1n) is 11.4. The van der Waals surface area contributed by atoms with E-state index in [1.165, 1.54) is 18.9 Å². The third kappa shape index (κ3) is 4.63. The maximum atomic E-state index is 13.8. The summed E-state index contributed by atoms with van der Waals surface area (Å²) in [5, 5.41) is 4.36. The van der Waals surface area contributed by atoms with E-state index >= 15 is 0 Å². The molecule has 2 saturated heterocycles. The molecular formula is C24H24ClF3N4O2. The Morgan fingerprint density at radius 3 is 2.62 bits per heavy atom. The molecule has 0 aliphatic carbocycles. The number of nitrogens with zero attached hydrogens (tertiary/aromatic N) is 4. The smallest absolute Gasteiger partial charge is 0.433 e. The summed E-state index contributed by atoms with van der Waals surface area (Å²) in [5.74, 6) is -0.505. The number of rotatable bonds is 4. The molecule has 6 nitrogen and oxygen atoms in total. The first-order chi connectivity index (χ1) is 16.3. The van der Waals surface area contributed by atoms with Crippen LogP contribution in [0.5, 0.6) is 0 Å². The number of halogens is 4. The van der Waals surface area contributed by atoms with E-state index in [1.807, 2.05) is 0 Å². The number of piperidine rings is 2. The molecule has 2 aromatic heterocycles. The van der Waals surface area contributed by atoms with Gasteiger partial charge in [-0.15, -0.1) is 0 Å². The molecule has 10 heteroatoms. The fourth-order valence-electron chi connectivity index (χ4n) is 5.07. The number of carbonyl (C=O) groups excluding carboxylic acids is 1. The molecule has 5 rings (SSSR count). The van der Waals surface area contributed by atoms with Gasteiger partial charge in [-0.25, -0.2) is 14.3 Å². The molecule has 2 atom stereocenters. The SMILES string of the molecule is O=C(OC[C@H]1CCCN2CCCC[C@@H]12)c1cc2nc(-c3ccc(Cl)cc3)cc(C(F)(F)F)n2n1. The quantitative estimate of drug-likeness (QED) is 0.451. The summed E-state index contributed by atoms with van der Waals surface area (Å²) >= 11 is 5.89. The van der Waals surface area contributed by atoms with Crippen molar-refractivity contribution in [3.05, 3.63) is 52.8 Å². The Morgan fingerprint density at radius 2 is 1.85 bits per heavy atom. The number of hydrogen-bond acceptors (Lipinski definition) is 5. The maximum absolute atomic E-state index is 13.8. The fourth-order valence-corrected chi connectivity index (χ4v) is 5.20. The predicted octanol–water partition coefficient (Wildman–Crippen LogP) is 5.49. The van der Waals surface area contributed by atoms with Crippen LogP contribution in [0, 0.1) is 5.92 Å². The monoisotopic (exact) mass is 492 g/mol. The van der Waals surface area contributed by atoms with Gasteiger partial charge in [0.1, 0.15) is 0 Å². The Bertz CT molecular complexity index is 1190. The molecule has 0 N–H and O–H groups in total. The third-order valence-corrected chi connectivity index (χ3v) is 6.98. The molecule has 2 aliphatic heterocycles. The summed E-state index contributed by atoms with van der Waals surface area (Å²) in [4.78, 5) is 19.5. The molecule has 0 bridgehead atoms. The van der Waals surface area contributed by atoms with Gasteiger partial charge in [-0.05, 0) is 57.0 Å². The molecule has 0 saturated carbocycles. The fraction of sp³-hybridized carbons (Fsp3) is 0.458. The summed E-state index contributed by atoms with van der Waals surface area (Å²) in [6.45, 7) is 2.39. The molecule has 4 heterocycles. The lowest BCUT2D eigenvalue weighted by Crippen LogP contribution is -2.49. The van der Waals surface area contributed by atoms with E-state index < -0.39 is 17.8 Å². The van der Waals surface area contributed by atoms with Crippen LogP contribution in [0.4, 0.5) is 13.2 Å². The van der Waals surface area contributed by atoms with Gasteiger partial charge >= 0.3 is 12.1 Å². The van der Waals surface area contributed by atoms with Gasteiger partial charge < -0.3 is 4.74 Å². The number of alkyl halides is 3. The van der Waals surface area contributed by atoms with Gasteiger partial charge in [-0.3, -0.25) is 4.90 Å². The second-order valence-electron chi connectivity index (χ2n) is 8.93. The van der Waals surface area contributed by atoms with Crippen LogP contribution in [0.3, 0.4) is 0 Å². The summed E-state index contributed by atoms with van der Waals surface area (Å²) in [6, 6.07) is 8.89. The average molecular weight is 493 g/mol. The van der Waals surface area contributed by atoms with Gasteiger partial charge in [0.25, 0.3) is 0 Å². The number of aromatic nitrogens is 3. The molecular weight excluding hydrogens is 469 g/mol. The minimum absolute atomic E-state index is 0.0807. The molecule has 34 heavy (non-hydrogen) atoms. The van der Waals surface area contributed by atoms with Crippen molar-refractivity contribution in [3.8, 4) is 11.3 Å². The van der Waals surface area contributed by atoms with Crippen LogP contribution >= 0.6 is 11.6 Å².